The first-order valence-corrected chi connectivity index (χ1v) is 12.8. The van der Waals surface area contributed by atoms with Crippen molar-refractivity contribution in [3.63, 3.8) is 0 Å². The fraction of sp³-hybridized carbons (Fsp3) is 0.704. The van der Waals surface area contributed by atoms with Gasteiger partial charge in [-0.3, -0.25) is 4.79 Å². The number of aryl methyl sites for hydroxylation is 1. The van der Waals surface area contributed by atoms with E-state index in [0.29, 0.717) is 25.6 Å². The monoisotopic (exact) mass is 475 g/mol. The van der Waals surface area contributed by atoms with Gasteiger partial charge in [0.1, 0.15) is 23.2 Å². The molecule has 1 amide bonds. The number of unbranched alkanes of at least 4 members (excludes halogenated alkanes) is 1. The zero-order valence-corrected chi connectivity index (χ0v) is 21.3. The van der Waals surface area contributed by atoms with Crippen molar-refractivity contribution in [2.24, 2.45) is 5.92 Å². The predicted octanol–water partition coefficient (Wildman–Crippen LogP) is 5.53. The van der Waals surface area contributed by atoms with Crippen molar-refractivity contribution in [2.45, 2.75) is 90.8 Å². The zero-order chi connectivity index (χ0) is 24.6. The molecule has 1 fully saturated rings. The van der Waals surface area contributed by atoms with Crippen LogP contribution in [0.3, 0.4) is 0 Å². The number of carbonyl (C=O) groups excluding carboxylic acids is 2. The number of rotatable bonds is 9. The molecule has 7 heteroatoms. The summed E-state index contributed by atoms with van der Waals surface area (Å²) < 4.78 is 22.5. The third kappa shape index (κ3) is 8.41. The molecule has 1 unspecified atom stereocenters. The molecular formula is C27H41NO6. The molecule has 0 spiro atoms. The Morgan fingerprint density at radius 2 is 1.88 bits per heavy atom. The van der Waals surface area contributed by atoms with E-state index in [1.807, 2.05) is 44.7 Å². The molecule has 2 heterocycles. The summed E-state index contributed by atoms with van der Waals surface area (Å²) in [7, 11) is 0. The van der Waals surface area contributed by atoms with E-state index in [1.54, 1.807) is 0 Å². The van der Waals surface area contributed by atoms with Crippen LogP contribution in [0.4, 0.5) is 4.79 Å². The van der Waals surface area contributed by atoms with Crippen LogP contribution in [-0.2, 0) is 20.7 Å². The second-order valence-corrected chi connectivity index (χ2v) is 10.3. The zero-order valence-electron chi connectivity index (χ0n) is 21.3. The molecule has 1 atom stereocenters. The molecule has 2 aliphatic rings. The molecule has 1 aromatic carbocycles. The van der Waals surface area contributed by atoms with Crippen molar-refractivity contribution >= 4 is 12.1 Å². The van der Waals surface area contributed by atoms with E-state index in [0.717, 1.165) is 68.7 Å². The maximum atomic E-state index is 12.2. The molecule has 1 saturated heterocycles. The molecule has 0 aromatic heterocycles. The number of likely N-dealkylation sites (tertiary alicyclic amines) is 1. The lowest BCUT2D eigenvalue weighted by atomic mass is 9.92. The minimum absolute atomic E-state index is 0.116. The Kier molecular flexibility index (Phi) is 9.48. The molecule has 0 bridgehead atoms. The van der Waals surface area contributed by atoms with Gasteiger partial charge in [-0.15, -0.1) is 0 Å². The van der Waals surface area contributed by atoms with Crippen LogP contribution in [0.2, 0.25) is 0 Å². The van der Waals surface area contributed by atoms with E-state index in [9.17, 15) is 9.59 Å². The minimum Gasteiger partial charge on any atom is -0.494 e. The van der Waals surface area contributed by atoms with Crippen LogP contribution in [0.5, 0.6) is 11.5 Å². The van der Waals surface area contributed by atoms with Crippen LogP contribution < -0.4 is 9.47 Å². The van der Waals surface area contributed by atoms with E-state index in [1.165, 1.54) is 6.42 Å². The van der Waals surface area contributed by atoms with E-state index >= 15 is 0 Å². The third-order valence-electron chi connectivity index (χ3n) is 6.30. The summed E-state index contributed by atoms with van der Waals surface area (Å²) in [5.41, 5.74) is 0.695. The highest BCUT2D eigenvalue weighted by Crippen LogP contribution is 2.32. The SMILES string of the molecule is CCOC(=O)CC1CCc2cc(OCCCCC3CCN(C(=O)OC(C)(C)C)CC3)ccc2O1. The third-order valence-corrected chi connectivity index (χ3v) is 6.30. The van der Waals surface area contributed by atoms with Gasteiger partial charge in [0.05, 0.1) is 19.6 Å². The first-order valence-electron chi connectivity index (χ1n) is 12.8. The summed E-state index contributed by atoms with van der Waals surface area (Å²) in [5, 5.41) is 0. The van der Waals surface area contributed by atoms with Gasteiger partial charge in [0.25, 0.3) is 0 Å². The summed E-state index contributed by atoms with van der Waals surface area (Å²) in [6, 6.07) is 5.95. The van der Waals surface area contributed by atoms with Gasteiger partial charge < -0.3 is 23.8 Å². The molecule has 1 aromatic rings. The Morgan fingerprint density at radius 3 is 2.59 bits per heavy atom. The number of fused-ring (bicyclic) bond motifs is 1. The van der Waals surface area contributed by atoms with Crippen LogP contribution in [-0.4, -0.2) is 55.0 Å². The molecular weight excluding hydrogens is 434 g/mol. The highest BCUT2D eigenvalue weighted by atomic mass is 16.6. The van der Waals surface area contributed by atoms with Crippen molar-refractivity contribution in [1.82, 2.24) is 4.90 Å². The fourth-order valence-corrected chi connectivity index (χ4v) is 4.52. The van der Waals surface area contributed by atoms with Gasteiger partial charge in [-0.2, -0.15) is 0 Å². The number of carbonyl (C=O) groups is 2. The Morgan fingerprint density at radius 1 is 1.12 bits per heavy atom. The summed E-state index contributed by atoms with van der Waals surface area (Å²) in [6.45, 7) is 10.2. The lowest BCUT2D eigenvalue weighted by Crippen LogP contribution is -2.41. The van der Waals surface area contributed by atoms with Crippen molar-refractivity contribution in [3.8, 4) is 11.5 Å². The Labute approximate surface area is 204 Å². The topological polar surface area (TPSA) is 74.3 Å². The van der Waals surface area contributed by atoms with Gasteiger partial charge >= 0.3 is 12.1 Å². The smallest absolute Gasteiger partial charge is 0.410 e. The van der Waals surface area contributed by atoms with Crippen LogP contribution >= 0.6 is 0 Å². The number of hydrogen-bond donors (Lipinski definition) is 0. The molecule has 0 radical (unpaired) electrons. The lowest BCUT2D eigenvalue weighted by Gasteiger charge is -2.33. The van der Waals surface area contributed by atoms with Crippen molar-refractivity contribution < 1.29 is 28.5 Å². The molecule has 0 saturated carbocycles. The average molecular weight is 476 g/mol. The summed E-state index contributed by atoms with van der Waals surface area (Å²) >= 11 is 0. The van der Waals surface area contributed by atoms with Crippen molar-refractivity contribution in [3.05, 3.63) is 23.8 Å². The fourth-order valence-electron chi connectivity index (χ4n) is 4.52. The number of hydrogen-bond acceptors (Lipinski definition) is 6. The molecule has 3 rings (SSSR count). The second-order valence-electron chi connectivity index (χ2n) is 10.3. The Hall–Kier alpha value is -2.44. The number of nitrogens with zero attached hydrogens (tertiary/aromatic N) is 1. The maximum absolute atomic E-state index is 12.2. The van der Waals surface area contributed by atoms with Crippen molar-refractivity contribution in [1.29, 1.82) is 0 Å². The Bertz CT molecular complexity index is 810. The first kappa shape index (κ1) is 26.2. The summed E-state index contributed by atoms with van der Waals surface area (Å²) in [5.74, 6) is 2.18. The van der Waals surface area contributed by atoms with Crippen molar-refractivity contribution in [2.75, 3.05) is 26.3 Å². The molecule has 190 valence electrons. The van der Waals surface area contributed by atoms with Gasteiger partial charge in [0.15, 0.2) is 0 Å². The highest BCUT2D eigenvalue weighted by molar-refractivity contribution is 5.70. The quantitative estimate of drug-likeness (QED) is 0.345. The summed E-state index contributed by atoms with van der Waals surface area (Å²) in [6.07, 6.45) is 7.07. The summed E-state index contributed by atoms with van der Waals surface area (Å²) in [4.78, 5) is 25.7. The number of ether oxygens (including phenoxy) is 4. The molecule has 7 nitrogen and oxygen atoms in total. The number of piperidine rings is 1. The van der Waals surface area contributed by atoms with Gasteiger partial charge in [0, 0.05) is 13.1 Å². The van der Waals surface area contributed by atoms with Gasteiger partial charge in [0.2, 0.25) is 0 Å². The average Bonchev–Trinajstić information content (AvgIpc) is 2.78. The van der Waals surface area contributed by atoms with E-state index in [-0.39, 0.29) is 18.2 Å². The number of esters is 1. The van der Waals surface area contributed by atoms with Gasteiger partial charge in [-0.1, -0.05) is 6.42 Å². The molecule has 34 heavy (non-hydrogen) atoms. The largest absolute Gasteiger partial charge is 0.494 e. The predicted molar refractivity (Wildman–Crippen MR) is 130 cm³/mol. The van der Waals surface area contributed by atoms with Gasteiger partial charge in [-0.25, -0.2) is 4.79 Å². The standard InChI is InChI=1S/C27H41NO6/c1-5-31-25(29)19-23-10-9-21-18-22(11-12-24(21)33-23)32-17-7-6-8-20-13-15-28(16-14-20)26(30)34-27(2,3)4/h11-12,18,20,23H,5-10,13-17,19H2,1-4H3. The minimum atomic E-state index is -0.439. The molecule has 0 N–H and O–H groups in total. The van der Waals surface area contributed by atoms with Gasteiger partial charge in [-0.05, 0) is 95.9 Å². The molecule has 2 aliphatic heterocycles. The number of amides is 1. The van der Waals surface area contributed by atoms with Crippen LogP contribution in [0.1, 0.15) is 78.2 Å². The lowest BCUT2D eigenvalue weighted by molar-refractivity contribution is -0.145. The van der Waals surface area contributed by atoms with E-state index in [2.05, 4.69) is 6.07 Å². The second kappa shape index (κ2) is 12.3. The van der Waals surface area contributed by atoms with E-state index in [4.69, 9.17) is 18.9 Å². The van der Waals surface area contributed by atoms with Crippen LogP contribution in [0, 0.1) is 5.92 Å². The van der Waals surface area contributed by atoms with Crippen LogP contribution in [0.15, 0.2) is 18.2 Å². The number of benzene rings is 1. The molecule has 0 aliphatic carbocycles. The highest BCUT2D eigenvalue weighted by Gasteiger charge is 2.27. The Balaban J connectivity index is 1.31. The van der Waals surface area contributed by atoms with E-state index < -0.39 is 5.60 Å². The maximum Gasteiger partial charge on any atom is 0.410 e. The first-order chi connectivity index (χ1) is 16.2. The normalized spacial score (nSPS) is 18.6. The van der Waals surface area contributed by atoms with Crippen LogP contribution in [0.25, 0.3) is 0 Å².